The van der Waals surface area contributed by atoms with E-state index >= 15 is 0 Å². The zero-order valence-corrected chi connectivity index (χ0v) is 6.83. The van der Waals surface area contributed by atoms with Crippen molar-refractivity contribution in [3.05, 3.63) is 0 Å². The van der Waals surface area contributed by atoms with Crippen molar-refractivity contribution in [1.29, 1.82) is 0 Å². The monoisotopic (exact) mass is 161 g/mol. The van der Waals surface area contributed by atoms with E-state index in [1.54, 1.807) is 20.3 Å². The van der Waals surface area contributed by atoms with E-state index in [4.69, 9.17) is 14.2 Å². The third-order valence-electron chi connectivity index (χ3n) is 0.971. The number of methoxy groups -OCH3 is 1. The Bertz CT molecular complexity index is 94.4. The van der Waals surface area contributed by atoms with Gasteiger partial charge in [0.15, 0.2) is 0 Å². The molecular formula is C7H13O4. The smallest absolute Gasteiger partial charge is 0.259 e. The first kappa shape index (κ1) is 10.6. The molecular weight excluding hydrogens is 148 g/mol. The van der Waals surface area contributed by atoms with Crippen LogP contribution in [0.5, 0.6) is 0 Å². The minimum absolute atomic E-state index is 0.344. The molecule has 0 aliphatic heterocycles. The zero-order valence-electron chi connectivity index (χ0n) is 6.83. The van der Waals surface area contributed by atoms with Gasteiger partial charge in [0.25, 0.3) is 6.29 Å². The third kappa shape index (κ3) is 5.97. The molecule has 0 rings (SSSR count). The van der Waals surface area contributed by atoms with Gasteiger partial charge in [0.05, 0.1) is 13.2 Å². The van der Waals surface area contributed by atoms with E-state index < -0.39 is 6.29 Å². The number of carbonyl (C=O) groups excluding carboxylic acids is 1. The predicted octanol–water partition coefficient (Wildman–Crippen LogP) is 0.122. The van der Waals surface area contributed by atoms with Crippen molar-refractivity contribution in [1.82, 2.24) is 0 Å². The summed E-state index contributed by atoms with van der Waals surface area (Å²) in [5.41, 5.74) is 0. The normalized spacial score (nSPS) is 12.9. The second kappa shape index (κ2) is 7.65. The molecule has 4 nitrogen and oxygen atoms in total. The van der Waals surface area contributed by atoms with E-state index in [9.17, 15) is 4.79 Å². The fourth-order valence-corrected chi connectivity index (χ4v) is 0.506. The SMILES string of the molecule is CCOC([C]=O)OCCOC. The van der Waals surface area contributed by atoms with Crippen LogP contribution in [0.2, 0.25) is 0 Å². The molecule has 0 spiro atoms. The molecule has 0 aliphatic carbocycles. The Labute approximate surface area is 66.4 Å². The van der Waals surface area contributed by atoms with Crippen molar-refractivity contribution in [3.8, 4) is 0 Å². The maximum Gasteiger partial charge on any atom is 0.259 e. The van der Waals surface area contributed by atoms with E-state index in [-0.39, 0.29) is 0 Å². The lowest BCUT2D eigenvalue weighted by atomic mass is 10.7. The molecule has 0 fully saturated rings. The molecule has 0 N–H and O–H groups in total. The molecule has 0 aliphatic rings. The lowest BCUT2D eigenvalue weighted by Crippen LogP contribution is -2.20. The van der Waals surface area contributed by atoms with Crippen LogP contribution in [0.3, 0.4) is 0 Å². The molecule has 0 amide bonds. The quantitative estimate of drug-likeness (QED) is 0.393. The van der Waals surface area contributed by atoms with Gasteiger partial charge < -0.3 is 14.2 Å². The van der Waals surface area contributed by atoms with Crippen LogP contribution in [0, 0.1) is 0 Å². The Balaban J connectivity index is 3.28. The van der Waals surface area contributed by atoms with Gasteiger partial charge in [-0.1, -0.05) is 0 Å². The Morgan fingerprint density at radius 3 is 2.55 bits per heavy atom. The minimum Gasteiger partial charge on any atom is -0.382 e. The summed E-state index contributed by atoms with van der Waals surface area (Å²) in [5, 5.41) is 0. The van der Waals surface area contributed by atoms with Crippen molar-refractivity contribution in [2.45, 2.75) is 13.2 Å². The zero-order chi connectivity index (χ0) is 8.53. The van der Waals surface area contributed by atoms with Crippen molar-refractivity contribution in [2.75, 3.05) is 26.9 Å². The lowest BCUT2D eigenvalue weighted by molar-refractivity contribution is -0.104. The van der Waals surface area contributed by atoms with Crippen LogP contribution in [0.1, 0.15) is 6.92 Å². The molecule has 0 aromatic heterocycles. The molecule has 65 valence electrons. The molecule has 0 heterocycles. The Morgan fingerprint density at radius 2 is 2.09 bits per heavy atom. The lowest BCUT2D eigenvalue weighted by Gasteiger charge is -2.09. The van der Waals surface area contributed by atoms with Gasteiger partial charge in [-0.25, -0.2) is 0 Å². The van der Waals surface area contributed by atoms with Crippen LogP contribution in [0.4, 0.5) is 0 Å². The summed E-state index contributed by atoms with van der Waals surface area (Å²) in [4.78, 5) is 10.1. The minimum atomic E-state index is -0.866. The van der Waals surface area contributed by atoms with Crippen molar-refractivity contribution in [2.24, 2.45) is 0 Å². The first-order valence-corrected chi connectivity index (χ1v) is 3.45. The van der Waals surface area contributed by atoms with E-state index in [1.807, 2.05) is 0 Å². The third-order valence-corrected chi connectivity index (χ3v) is 0.971. The summed E-state index contributed by atoms with van der Waals surface area (Å²) in [6.07, 6.45) is 0.746. The Morgan fingerprint density at radius 1 is 1.36 bits per heavy atom. The summed E-state index contributed by atoms with van der Waals surface area (Å²) in [5.74, 6) is 0. The molecule has 0 saturated heterocycles. The van der Waals surface area contributed by atoms with Crippen LogP contribution < -0.4 is 0 Å². The molecule has 1 radical (unpaired) electrons. The number of ether oxygens (including phenoxy) is 3. The van der Waals surface area contributed by atoms with Crippen molar-refractivity contribution in [3.63, 3.8) is 0 Å². The van der Waals surface area contributed by atoms with Gasteiger partial charge in [-0.05, 0) is 6.92 Å². The van der Waals surface area contributed by atoms with Crippen LogP contribution >= 0.6 is 0 Å². The van der Waals surface area contributed by atoms with Crippen LogP contribution in [0.15, 0.2) is 0 Å². The standard InChI is InChI=1S/C7H13O4/c1-3-10-7(6-8)11-5-4-9-2/h7H,3-5H2,1-2H3. The van der Waals surface area contributed by atoms with Gasteiger partial charge in [0.2, 0.25) is 6.29 Å². The number of rotatable bonds is 7. The molecule has 4 heteroatoms. The Hall–Kier alpha value is -0.450. The molecule has 0 bridgehead atoms. The van der Waals surface area contributed by atoms with Crippen molar-refractivity contribution < 1.29 is 19.0 Å². The van der Waals surface area contributed by atoms with Gasteiger partial charge in [-0.15, -0.1) is 0 Å². The van der Waals surface area contributed by atoms with Gasteiger partial charge in [-0.2, -0.15) is 0 Å². The summed E-state index contributed by atoms with van der Waals surface area (Å²) >= 11 is 0. The first-order chi connectivity index (χ1) is 5.35. The molecule has 1 atom stereocenters. The number of hydrogen-bond donors (Lipinski definition) is 0. The molecule has 11 heavy (non-hydrogen) atoms. The van der Waals surface area contributed by atoms with E-state index in [2.05, 4.69) is 0 Å². The number of hydrogen-bond acceptors (Lipinski definition) is 4. The highest BCUT2D eigenvalue weighted by Gasteiger charge is 2.06. The van der Waals surface area contributed by atoms with E-state index in [1.165, 1.54) is 0 Å². The average molecular weight is 161 g/mol. The average Bonchev–Trinajstić information content (AvgIpc) is 2.03. The summed E-state index contributed by atoms with van der Waals surface area (Å²) in [6.45, 7) is 3.01. The van der Waals surface area contributed by atoms with Crippen LogP contribution in [0.25, 0.3) is 0 Å². The molecule has 1 unspecified atom stereocenters. The van der Waals surface area contributed by atoms with Crippen LogP contribution in [-0.2, 0) is 19.0 Å². The predicted molar refractivity (Wildman–Crippen MR) is 38.9 cm³/mol. The van der Waals surface area contributed by atoms with Gasteiger partial charge in [0.1, 0.15) is 0 Å². The summed E-state index contributed by atoms with van der Waals surface area (Å²) in [7, 11) is 1.56. The second-order valence-corrected chi connectivity index (χ2v) is 1.77. The molecule has 0 aromatic rings. The first-order valence-electron chi connectivity index (χ1n) is 3.45. The molecule has 0 aromatic carbocycles. The van der Waals surface area contributed by atoms with E-state index in [0.29, 0.717) is 19.8 Å². The van der Waals surface area contributed by atoms with Gasteiger partial charge in [0, 0.05) is 13.7 Å². The van der Waals surface area contributed by atoms with E-state index in [0.717, 1.165) is 0 Å². The maximum atomic E-state index is 10.1. The fourth-order valence-electron chi connectivity index (χ4n) is 0.506. The maximum absolute atomic E-state index is 10.1. The fraction of sp³-hybridized carbons (Fsp3) is 0.857. The van der Waals surface area contributed by atoms with Crippen LogP contribution in [-0.4, -0.2) is 39.5 Å². The highest BCUT2D eigenvalue weighted by molar-refractivity contribution is 5.54. The van der Waals surface area contributed by atoms with Crippen molar-refractivity contribution >= 4 is 6.29 Å². The highest BCUT2D eigenvalue weighted by Crippen LogP contribution is 1.90. The molecule has 0 saturated carbocycles. The van der Waals surface area contributed by atoms with Gasteiger partial charge in [-0.3, -0.25) is 4.79 Å². The Kier molecular flexibility index (Phi) is 7.34. The summed E-state index contributed by atoms with van der Waals surface area (Å²) in [6, 6.07) is 0. The topological polar surface area (TPSA) is 44.8 Å². The van der Waals surface area contributed by atoms with Gasteiger partial charge >= 0.3 is 0 Å². The highest BCUT2D eigenvalue weighted by atomic mass is 16.7. The largest absolute Gasteiger partial charge is 0.382 e. The second-order valence-electron chi connectivity index (χ2n) is 1.77. The summed E-state index contributed by atoms with van der Waals surface area (Å²) < 4.78 is 14.4.